The van der Waals surface area contributed by atoms with E-state index >= 15 is 0 Å². The van der Waals surface area contributed by atoms with Gasteiger partial charge in [0.25, 0.3) is 0 Å². The first-order chi connectivity index (χ1) is 5.70. The molecule has 1 rings (SSSR count). The topological polar surface area (TPSA) is 16.4 Å². The van der Waals surface area contributed by atoms with Crippen molar-refractivity contribution < 1.29 is 4.42 Å². The molecule has 1 heterocycles. The largest absolute Gasteiger partial charge is 0.457 e. The highest BCUT2D eigenvalue weighted by Gasteiger charge is 2.01. The van der Waals surface area contributed by atoms with Gasteiger partial charge in [-0.25, -0.2) is 0 Å². The Morgan fingerprint density at radius 3 is 2.75 bits per heavy atom. The van der Waals surface area contributed by atoms with Gasteiger partial charge in [-0.1, -0.05) is 0 Å². The predicted octanol–water partition coefficient (Wildman–Crippen LogP) is 2.54. The molecular weight excluding hydrogens is 218 g/mol. The molecule has 0 amide bonds. The summed E-state index contributed by atoms with van der Waals surface area (Å²) in [5.74, 6) is 0. The van der Waals surface area contributed by atoms with Gasteiger partial charge >= 0.3 is 0 Å². The van der Waals surface area contributed by atoms with Crippen molar-refractivity contribution >= 4 is 15.9 Å². The lowest BCUT2D eigenvalue weighted by atomic mass is 10.2. The molecule has 0 saturated heterocycles. The van der Waals surface area contributed by atoms with E-state index in [2.05, 4.69) is 34.9 Å². The normalized spacial score (nSPS) is 11.0. The van der Waals surface area contributed by atoms with Gasteiger partial charge in [-0.2, -0.15) is 0 Å². The molecule has 0 aliphatic carbocycles. The Kier molecular flexibility index (Phi) is 3.82. The minimum atomic E-state index is 0.876. The third-order valence-electron chi connectivity index (χ3n) is 1.74. The maximum Gasteiger partial charge on any atom is 0.172 e. The van der Waals surface area contributed by atoms with Crippen LogP contribution in [0.3, 0.4) is 0 Å². The van der Waals surface area contributed by atoms with Gasteiger partial charge in [0, 0.05) is 5.56 Å². The average molecular weight is 232 g/mol. The van der Waals surface area contributed by atoms with Crippen LogP contribution >= 0.6 is 15.9 Å². The number of hydrogen-bond donors (Lipinski definition) is 0. The van der Waals surface area contributed by atoms with E-state index in [1.807, 2.05) is 6.07 Å². The van der Waals surface area contributed by atoms with Gasteiger partial charge in [0.2, 0.25) is 0 Å². The lowest BCUT2D eigenvalue weighted by molar-refractivity contribution is 0.399. The van der Waals surface area contributed by atoms with E-state index < -0.39 is 0 Å². The van der Waals surface area contributed by atoms with Gasteiger partial charge < -0.3 is 9.32 Å². The van der Waals surface area contributed by atoms with Gasteiger partial charge in [-0.3, -0.25) is 0 Å². The minimum Gasteiger partial charge on any atom is -0.457 e. The summed E-state index contributed by atoms with van der Waals surface area (Å²) in [6, 6.07) is 2.01. The van der Waals surface area contributed by atoms with Crippen molar-refractivity contribution in [2.75, 3.05) is 20.6 Å². The second kappa shape index (κ2) is 4.67. The Labute approximate surface area is 81.7 Å². The van der Waals surface area contributed by atoms with Crippen LogP contribution in [0, 0.1) is 0 Å². The molecule has 0 unspecified atom stereocenters. The van der Waals surface area contributed by atoms with E-state index in [0.717, 1.165) is 17.6 Å². The van der Waals surface area contributed by atoms with Crippen LogP contribution in [0.2, 0.25) is 0 Å². The summed E-state index contributed by atoms with van der Waals surface area (Å²) in [7, 11) is 4.18. The summed E-state index contributed by atoms with van der Waals surface area (Å²) in [4.78, 5) is 2.19. The van der Waals surface area contributed by atoms with Crippen molar-refractivity contribution in [1.82, 2.24) is 4.90 Å². The second-order valence-corrected chi connectivity index (χ2v) is 3.85. The summed E-state index contributed by atoms with van der Waals surface area (Å²) < 4.78 is 6.00. The molecule has 0 aliphatic rings. The van der Waals surface area contributed by atoms with Gasteiger partial charge in [0.05, 0.1) is 6.26 Å². The number of furan rings is 1. The molecule has 1 aromatic rings. The smallest absolute Gasteiger partial charge is 0.172 e. The Hall–Kier alpha value is -0.280. The van der Waals surface area contributed by atoms with Crippen LogP contribution in [0.25, 0.3) is 0 Å². The zero-order chi connectivity index (χ0) is 8.97. The molecule has 0 atom stereocenters. The van der Waals surface area contributed by atoms with Crippen LogP contribution < -0.4 is 0 Å². The van der Waals surface area contributed by atoms with Crippen LogP contribution in [0.5, 0.6) is 0 Å². The van der Waals surface area contributed by atoms with Crippen molar-refractivity contribution in [2.24, 2.45) is 0 Å². The molecule has 0 bridgehead atoms. The maximum absolute atomic E-state index is 5.13. The van der Waals surface area contributed by atoms with Crippen LogP contribution in [-0.2, 0) is 6.42 Å². The Balaban J connectivity index is 2.29. The first-order valence-corrected chi connectivity index (χ1v) is 4.86. The standard InChI is InChI=1S/C9H14BrNO/c1-11(2)6-3-4-8-5-7-12-9(8)10/h5,7H,3-4,6H2,1-2H3. The monoisotopic (exact) mass is 231 g/mol. The van der Waals surface area contributed by atoms with E-state index in [0.29, 0.717) is 0 Å². The van der Waals surface area contributed by atoms with E-state index in [9.17, 15) is 0 Å². The number of nitrogens with zero attached hydrogens (tertiary/aromatic N) is 1. The lowest BCUT2D eigenvalue weighted by Gasteiger charge is -2.07. The molecule has 0 aliphatic heterocycles. The van der Waals surface area contributed by atoms with Crippen molar-refractivity contribution in [3.63, 3.8) is 0 Å². The molecule has 0 radical (unpaired) electrons. The van der Waals surface area contributed by atoms with Gasteiger partial charge in [-0.05, 0) is 55.5 Å². The van der Waals surface area contributed by atoms with Crippen LogP contribution in [-0.4, -0.2) is 25.5 Å². The third-order valence-corrected chi connectivity index (χ3v) is 2.44. The molecule has 0 spiro atoms. The number of halogens is 1. The number of rotatable bonds is 4. The van der Waals surface area contributed by atoms with E-state index in [-0.39, 0.29) is 0 Å². The molecule has 2 nitrogen and oxygen atoms in total. The quantitative estimate of drug-likeness (QED) is 0.793. The van der Waals surface area contributed by atoms with Crippen LogP contribution in [0.15, 0.2) is 21.4 Å². The van der Waals surface area contributed by atoms with E-state index in [1.165, 1.54) is 12.0 Å². The molecule has 3 heteroatoms. The summed E-state index contributed by atoms with van der Waals surface area (Å²) in [5, 5.41) is 0. The van der Waals surface area contributed by atoms with Crippen molar-refractivity contribution in [3.05, 3.63) is 22.6 Å². The highest BCUT2D eigenvalue weighted by atomic mass is 79.9. The highest BCUT2D eigenvalue weighted by molar-refractivity contribution is 9.10. The first kappa shape index (κ1) is 9.81. The van der Waals surface area contributed by atoms with Crippen LogP contribution in [0.1, 0.15) is 12.0 Å². The molecule has 0 aromatic carbocycles. The Morgan fingerprint density at radius 1 is 1.50 bits per heavy atom. The predicted molar refractivity (Wildman–Crippen MR) is 53.3 cm³/mol. The first-order valence-electron chi connectivity index (χ1n) is 4.07. The zero-order valence-electron chi connectivity index (χ0n) is 7.51. The molecule has 0 saturated carbocycles. The highest BCUT2D eigenvalue weighted by Crippen LogP contribution is 2.18. The van der Waals surface area contributed by atoms with E-state index in [1.54, 1.807) is 6.26 Å². The van der Waals surface area contributed by atoms with Crippen molar-refractivity contribution in [1.29, 1.82) is 0 Å². The number of hydrogen-bond acceptors (Lipinski definition) is 2. The van der Waals surface area contributed by atoms with Crippen molar-refractivity contribution in [3.8, 4) is 0 Å². The summed E-state index contributed by atoms with van der Waals surface area (Å²) in [5.41, 5.74) is 1.26. The fourth-order valence-corrected chi connectivity index (χ4v) is 1.52. The molecule has 68 valence electrons. The maximum atomic E-state index is 5.13. The van der Waals surface area contributed by atoms with Crippen molar-refractivity contribution in [2.45, 2.75) is 12.8 Å². The van der Waals surface area contributed by atoms with Gasteiger partial charge in [0.1, 0.15) is 0 Å². The number of aryl methyl sites for hydroxylation is 1. The fourth-order valence-electron chi connectivity index (χ4n) is 1.08. The van der Waals surface area contributed by atoms with E-state index in [4.69, 9.17) is 4.42 Å². The average Bonchev–Trinajstić information content (AvgIpc) is 2.36. The molecule has 12 heavy (non-hydrogen) atoms. The summed E-state index contributed by atoms with van der Waals surface area (Å²) in [6.07, 6.45) is 3.97. The molecule has 1 aromatic heterocycles. The second-order valence-electron chi connectivity index (χ2n) is 3.13. The summed E-state index contributed by atoms with van der Waals surface area (Å²) in [6.45, 7) is 1.12. The molecular formula is C9H14BrNO. The Bertz CT molecular complexity index is 232. The Morgan fingerprint density at radius 2 is 2.25 bits per heavy atom. The van der Waals surface area contributed by atoms with Crippen LogP contribution in [0.4, 0.5) is 0 Å². The SMILES string of the molecule is CN(C)CCCc1ccoc1Br. The summed E-state index contributed by atoms with van der Waals surface area (Å²) >= 11 is 3.35. The van der Waals surface area contributed by atoms with Gasteiger partial charge in [0.15, 0.2) is 4.67 Å². The third kappa shape index (κ3) is 2.99. The minimum absolute atomic E-state index is 0.876. The molecule has 0 N–H and O–H groups in total. The van der Waals surface area contributed by atoms with Gasteiger partial charge in [-0.15, -0.1) is 0 Å². The lowest BCUT2D eigenvalue weighted by Crippen LogP contribution is -2.13. The fraction of sp³-hybridized carbons (Fsp3) is 0.556. The molecule has 0 fully saturated rings. The zero-order valence-corrected chi connectivity index (χ0v) is 9.10.